The number of rotatable bonds is 8. The molecule has 1 aliphatic rings. The molecule has 1 saturated carbocycles. The Balaban J connectivity index is 1.93. The van der Waals surface area contributed by atoms with Gasteiger partial charge in [0.1, 0.15) is 6.04 Å². The number of benzene rings is 1. The maximum absolute atomic E-state index is 12.0. The van der Waals surface area contributed by atoms with Gasteiger partial charge in [-0.2, -0.15) is 0 Å². The maximum Gasteiger partial charge on any atom is 0.239 e. The minimum absolute atomic E-state index is 0.174. The molecule has 1 amide bonds. The van der Waals surface area contributed by atoms with E-state index in [4.69, 9.17) is 10.5 Å². The van der Waals surface area contributed by atoms with Crippen molar-refractivity contribution in [3.8, 4) is 0 Å². The van der Waals surface area contributed by atoms with Crippen LogP contribution >= 0.6 is 0 Å². The molecule has 1 aromatic carbocycles. The Morgan fingerprint density at radius 3 is 2.62 bits per heavy atom. The van der Waals surface area contributed by atoms with Crippen molar-refractivity contribution in [1.82, 2.24) is 10.2 Å². The quantitative estimate of drug-likeness (QED) is 0.764. The molecule has 134 valence electrons. The summed E-state index contributed by atoms with van der Waals surface area (Å²) in [6, 6.07) is 8.36. The summed E-state index contributed by atoms with van der Waals surface area (Å²) in [4.78, 5) is 14.4. The number of carbonyl (C=O) groups excluding carboxylic acids is 1. The van der Waals surface area contributed by atoms with Gasteiger partial charge in [-0.25, -0.2) is 0 Å². The molecule has 3 N–H and O–H groups in total. The lowest BCUT2D eigenvalue weighted by Gasteiger charge is -2.31. The second-order valence-electron chi connectivity index (χ2n) is 6.76. The van der Waals surface area contributed by atoms with Crippen LogP contribution < -0.4 is 11.1 Å². The number of amides is 1. The van der Waals surface area contributed by atoms with E-state index in [-0.39, 0.29) is 12.5 Å². The summed E-state index contributed by atoms with van der Waals surface area (Å²) in [5, 5.41) is 2.91. The lowest BCUT2D eigenvalue weighted by molar-refractivity contribution is -0.123. The summed E-state index contributed by atoms with van der Waals surface area (Å²) in [6.07, 6.45) is 6.63. The molecule has 1 aliphatic carbocycles. The highest BCUT2D eigenvalue weighted by Crippen LogP contribution is 2.23. The van der Waals surface area contributed by atoms with E-state index in [9.17, 15) is 4.79 Å². The number of nitrogens with two attached hydrogens (primary N) is 1. The highest BCUT2D eigenvalue weighted by Gasteiger charge is 2.19. The first-order chi connectivity index (χ1) is 11.6. The van der Waals surface area contributed by atoms with Crippen LogP contribution in [0, 0.1) is 0 Å². The molecule has 0 aliphatic heterocycles. The third-order valence-electron chi connectivity index (χ3n) is 4.87. The van der Waals surface area contributed by atoms with Crippen molar-refractivity contribution in [1.29, 1.82) is 0 Å². The van der Waals surface area contributed by atoms with Gasteiger partial charge in [0, 0.05) is 26.2 Å². The molecule has 0 saturated heterocycles. The summed E-state index contributed by atoms with van der Waals surface area (Å²) >= 11 is 0. The number of nitrogens with zero attached hydrogens (tertiary/aromatic N) is 1. The first-order valence-corrected chi connectivity index (χ1v) is 8.91. The SMILES string of the molecule is COCC(N)C(=O)NCc1ccccc1CN(C)C1CCCCC1. The van der Waals surface area contributed by atoms with E-state index >= 15 is 0 Å². The average Bonchev–Trinajstić information content (AvgIpc) is 2.61. The largest absolute Gasteiger partial charge is 0.383 e. The van der Waals surface area contributed by atoms with Crippen molar-refractivity contribution in [2.24, 2.45) is 5.73 Å². The zero-order valence-electron chi connectivity index (χ0n) is 15.0. The van der Waals surface area contributed by atoms with Crippen molar-refractivity contribution in [2.45, 2.75) is 57.3 Å². The number of methoxy groups -OCH3 is 1. The monoisotopic (exact) mass is 333 g/mol. The molecule has 0 aromatic heterocycles. The highest BCUT2D eigenvalue weighted by atomic mass is 16.5. The lowest BCUT2D eigenvalue weighted by atomic mass is 9.94. The Morgan fingerprint density at radius 2 is 1.96 bits per heavy atom. The maximum atomic E-state index is 12.0. The molecule has 1 atom stereocenters. The van der Waals surface area contributed by atoms with Gasteiger partial charge in [-0.05, 0) is 31.0 Å². The number of nitrogens with one attached hydrogen (secondary N) is 1. The second kappa shape index (κ2) is 9.77. The fourth-order valence-electron chi connectivity index (χ4n) is 3.37. The van der Waals surface area contributed by atoms with E-state index in [1.807, 2.05) is 6.07 Å². The summed E-state index contributed by atoms with van der Waals surface area (Å²) in [7, 11) is 3.75. The minimum Gasteiger partial charge on any atom is -0.383 e. The molecule has 0 spiro atoms. The van der Waals surface area contributed by atoms with Crippen molar-refractivity contribution in [3.05, 3.63) is 35.4 Å². The van der Waals surface area contributed by atoms with E-state index in [1.165, 1.54) is 37.7 Å². The molecule has 1 fully saturated rings. The summed E-state index contributed by atoms with van der Waals surface area (Å²) in [5.41, 5.74) is 8.18. The molecule has 1 unspecified atom stereocenters. The molecule has 0 bridgehead atoms. The average molecular weight is 333 g/mol. The van der Waals surface area contributed by atoms with E-state index < -0.39 is 6.04 Å². The fourth-order valence-corrected chi connectivity index (χ4v) is 3.37. The third-order valence-corrected chi connectivity index (χ3v) is 4.87. The molecule has 5 nitrogen and oxygen atoms in total. The van der Waals surface area contributed by atoms with Crippen LogP contribution in [-0.2, 0) is 22.6 Å². The predicted molar refractivity (Wildman–Crippen MR) is 96.5 cm³/mol. The van der Waals surface area contributed by atoms with Gasteiger partial charge in [-0.15, -0.1) is 0 Å². The first kappa shape index (κ1) is 18.9. The third kappa shape index (κ3) is 5.58. The number of hydrogen-bond donors (Lipinski definition) is 2. The number of carbonyl (C=O) groups is 1. The van der Waals surface area contributed by atoms with Crippen LogP contribution in [0.4, 0.5) is 0 Å². The Bertz CT molecular complexity index is 515. The van der Waals surface area contributed by atoms with Gasteiger partial charge < -0.3 is 15.8 Å². The van der Waals surface area contributed by atoms with Gasteiger partial charge in [-0.3, -0.25) is 9.69 Å². The van der Waals surface area contributed by atoms with Crippen molar-refractivity contribution in [3.63, 3.8) is 0 Å². The number of ether oxygens (including phenoxy) is 1. The molecule has 1 aromatic rings. The topological polar surface area (TPSA) is 67.6 Å². The summed E-state index contributed by atoms with van der Waals surface area (Å²) in [5.74, 6) is -0.174. The van der Waals surface area contributed by atoms with Crippen LogP contribution in [0.5, 0.6) is 0 Å². The molecule has 5 heteroatoms. The zero-order chi connectivity index (χ0) is 17.4. The first-order valence-electron chi connectivity index (χ1n) is 8.91. The standard InChI is InChI=1S/C19H31N3O2/c1-22(17-10-4-3-5-11-17)13-16-9-7-6-8-15(16)12-21-19(23)18(20)14-24-2/h6-9,17-18H,3-5,10-14,20H2,1-2H3,(H,21,23). The Morgan fingerprint density at radius 1 is 1.29 bits per heavy atom. The van der Waals surface area contributed by atoms with Crippen molar-refractivity contribution in [2.75, 3.05) is 20.8 Å². The van der Waals surface area contributed by atoms with Gasteiger partial charge in [0.2, 0.25) is 5.91 Å². The van der Waals surface area contributed by atoms with Crippen LogP contribution in [0.15, 0.2) is 24.3 Å². The Kier molecular flexibility index (Phi) is 7.69. The van der Waals surface area contributed by atoms with Crippen LogP contribution in [-0.4, -0.2) is 43.7 Å². The molecule has 0 heterocycles. The van der Waals surface area contributed by atoms with Gasteiger partial charge in [0.05, 0.1) is 6.61 Å². The molecular weight excluding hydrogens is 302 g/mol. The molecule has 24 heavy (non-hydrogen) atoms. The Labute approximate surface area is 145 Å². The van der Waals surface area contributed by atoms with E-state index in [2.05, 4.69) is 35.5 Å². The smallest absolute Gasteiger partial charge is 0.239 e. The van der Waals surface area contributed by atoms with E-state index in [0.717, 1.165) is 12.1 Å². The van der Waals surface area contributed by atoms with Crippen LogP contribution in [0.1, 0.15) is 43.2 Å². The van der Waals surface area contributed by atoms with E-state index in [0.29, 0.717) is 12.6 Å². The normalized spacial score (nSPS) is 17.0. The van der Waals surface area contributed by atoms with Crippen LogP contribution in [0.2, 0.25) is 0 Å². The zero-order valence-corrected chi connectivity index (χ0v) is 15.0. The number of hydrogen-bond acceptors (Lipinski definition) is 4. The van der Waals surface area contributed by atoms with Crippen molar-refractivity contribution >= 4 is 5.91 Å². The summed E-state index contributed by atoms with van der Waals surface area (Å²) < 4.78 is 4.93. The minimum atomic E-state index is -0.618. The van der Waals surface area contributed by atoms with E-state index in [1.54, 1.807) is 7.11 Å². The van der Waals surface area contributed by atoms with Crippen molar-refractivity contribution < 1.29 is 9.53 Å². The molecular formula is C19H31N3O2. The molecule has 2 rings (SSSR count). The Hall–Kier alpha value is -1.43. The van der Waals surface area contributed by atoms with Gasteiger partial charge >= 0.3 is 0 Å². The second-order valence-corrected chi connectivity index (χ2v) is 6.76. The van der Waals surface area contributed by atoms with Crippen LogP contribution in [0.25, 0.3) is 0 Å². The fraction of sp³-hybridized carbons (Fsp3) is 0.632. The van der Waals surface area contributed by atoms with Gasteiger partial charge in [0.25, 0.3) is 0 Å². The molecule has 0 radical (unpaired) electrons. The highest BCUT2D eigenvalue weighted by molar-refractivity contribution is 5.81. The lowest BCUT2D eigenvalue weighted by Crippen LogP contribution is -2.43. The summed E-state index contributed by atoms with van der Waals surface area (Å²) in [6.45, 7) is 1.66. The van der Waals surface area contributed by atoms with Gasteiger partial charge in [-0.1, -0.05) is 43.5 Å². The predicted octanol–water partition coefficient (Wildman–Crippen LogP) is 2.04. The van der Waals surface area contributed by atoms with Gasteiger partial charge in [0.15, 0.2) is 0 Å². The van der Waals surface area contributed by atoms with Crippen LogP contribution in [0.3, 0.4) is 0 Å².